The van der Waals surface area contributed by atoms with Gasteiger partial charge >= 0.3 is 0 Å². The molecule has 0 saturated carbocycles. The van der Waals surface area contributed by atoms with Gasteiger partial charge in [0.15, 0.2) is 0 Å². The molecule has 0 aromatic heterocycles. The van der Waals surface area contributed by atoms with Gasteiger partial charge in [0.1, 0.15) is 0 Å². The normalized spacial score (nSPS) is 10.2. The average molecular weight is 236 g/mol. The van der Waals surface area contributed by atoms with Crippen molar-refractivity contribution in [2.75, 3.05) is 32.1 Å². The summed E-state index contributed by atoms with van der Waals surface area (Å²) in [6.45, 7) is 4.05. The van der Waals surface area contributed by atoms with Gasteiger partial charge in [-0.3, -0.25) is 4.79 Å². The van der Waals surface area contributed by atoms with E-state index >= 15 is 0 Å². The molecule has 0 saturated heterocycles. The van der Waals surface area contributed by atoms with Crippen molar-refractivity contribution in [3.05, 3.63) is 29.8 Å². The number of nitrogens with one attached hydrogen (secondary N) is 2. The zero-order valence-corrected chi connectivity index (χ0v) is 10.5. The Morgan fingerprint density at radius 2 is 1.94 bits per heavy atom. The zero-order chi connectivity index (χ0) is 12.5. The molecule has 1 aromatic rings. The Bertz CT molecular complexity index is 336. The van der Waals surface area contributed by atoms with Crippen molar-refractivity contribution in [2.24, 2.45) is 0 Å². The van der Waals surface area contributed by atoms with Crippen molar-refractivity contribution in [3.63, 3.8) is 0 Å². The molecule has 4 nitrogen and oxygen atoms in total. The van der Waals surface area contributed by atoms with Gasteiger partial charge in [-0.2, -0.15) is 0 Å². The van der Waals surface area contributed by atoms with Gasteiger partial charge in [0.25, 0.3) is 0 Å². The van der Waals surface area contributed by atoms with E-state index in [1.54, 1.807) is 7.11 Å². The maximum absolute atomic E-state index is 10.8. The first-order valence-electron chi connectivity index (χ1n) is 5.78. The van der Waals surface area contributed by atoms with E-state index in [1.807, 2.05) is 24.3 Å². The van der Waals surface area contributed by atoms with Crippen LogP contribution in [0.5, 0.6) is 0 Å². The van der Waals surface area contributed by atoms with Gasteiger partial charge in [-0.05, 0) is 30.7 Å². The molecule has 1 aromatic carbocycles. The SMILES string of the molecule is COCCNCCc1ccc(NC(C)=O)cc1. The van der Waals surface area contributed by atoms with Crippen LogP contribution in [0.15, 0.2) is 24.3 Å². The molecular weight excluding hydrogens is 216 g/mol. The number of methoxy groups -OCH3 is 1. The summed E-state index contributed by atoms with van der Waals surface area (Å²) in [5.74, 6) is -0.0426. The standard InChI is InChI=1S/C13H20N2O2/c1-11(16)15-13-5-3-12(4-6-13)7-8-14-9-10-17-2/h3-6,14H,7-10H2,1-2H3,(H,15,16). The lowest BCUT2D eigenvalue weighted by atomic mass is 10.1. The minimum atomic E-state index is -0.0426. The van der Waals surface area contributed by atoms with E-state index < -0.39 is 0 Å². The summed E-state index contributed by atoms with van der Waals surface area (Å²) in [5, 5.41) is 6.03. The molecule has 94 valence electrons. The van der Waals surface area contributed by atoms with Gasteiger partial charge in [0.2, 0.25) is 5.91 Å². The third kappa shape index (κ3) is 6.04. The number of hydrogen-bond donors (Lipinski definition) is 2. The number of anilines is 1. The van der Waals surface area contributed by atoms with E-state index in [0.717, 1.165) is 31.8 Å². The van der Waals surface area contributed by atoms with Crippen LogP contribution in [0, 0.1) is 0 Å². The molecule has 0 atom stereocenters. The number of rotatable bonds is 7. The van der Waals surface area contributed by atoms with Gasteiger partial charge in [0.05, 0.1) is 6.61 Å². The second-order valence-electron chi connectivity index (χ2n) is 3.87. The van der Waals surface area contributed by atoms with E-state index in [0.29, 0.717) is 0 Å². The molecule has 0 radical (unpaired) electrons. The average Bonchev–Trinajstić information content (AvgIpc) is 2.30. The smallest absolute Gasteiger partial charge is 0.221 e. The maximum atomic E-state index is 10.8. The topological polar surface area (TPSA) is 50.4 Å². The number of hydrogen-bond acceptors (Lipinski definition) is 3. The molecule has 0 unspecified atom stereocenters. The first-order valence-corrected chi connectivity index (χ1v) is 5.78. The largest absolute Gasteiger partial charge is 0.383 e. The van der Waals surface area contributed by atoms with Crippen LogP contribution in [0.25, 0.3) is 0 Å². The number of carbonyl (C=O) groups excluding carboxylic acids is 1. The van der Waals surface area contributed by atoms with E-state index in [2.05, 4.69) is 10.6 Å². The molecule has 2 N–H and O–H groups in total. The minimum Gasteiger partial charge on any atom is -0.383 e. The Hall–Kier alpha value is -1.39. The molecular formula is C13H20N2O2. The molecule has 1 rings (SSSR count). The zero-order valence-electron chi connectivity index (χ0n) is 10.5. The molecule has 1 amide bonds. The minimum absolute atomic E-state index is 0.0426. The van der Waals surface area contributed by atoms with Gasteiger partial charge in [-0.1, -0.05) is 12.1 Å². The third-order valence-electron chi connectivity index (χ3n) is 2.35. The fourth-order valence-electron chi connectivity index (χ4n) is 1.49. The summed E-state index contributed by atoms with van der Waals surface area (Å²) in [6, 6.07) is 7.91. The van der Waals surface area contributed by atoms with Crippen LogP contribution in [-0.2, 0) is 16.0 Å². The van der Waals surface area contributed by atoms with Gasteiger partial charge < -0.3 is 15.4 Å². The highest BCUT2D eigenvalue weighted by molar-refractivity contribution is 5.88. The van der Waals surface area contributed by atoms with Crippen molar-refractivity contribution in [1.29, 1.82) is 0 Å². The summed E-state index contributed by atoms with van der Waals surface area (Å²) in [7, 11) is 1.70. The second-order valence-corrected chi connectivity index (χ2v) is 3.87. The van der Waals surface area contributed by atoms with Crippen LogP contribution in [0.2, 0.25) is 0 Å². The van der Waals surface area contributed by atoms with Gasteiger partial charge in [-0.15, -0.1) is 0 Å². The molecule has 0 bridgehead atoms. The van der Waals surface area contributed by atoms with Crippen LogP contribution >= 0.6 is 0 Å². The highest BCUT2D eigenvalue weighted by atomic mass is 16.5. The summed E-state index contributed by atoms with van der Waals surface area (Å²) in [6.07, 6.45) is 0.976. The summed E-state index contributed by atoms with van der Waals surface area (Å²) < 4.78 is 4.94. The molecule has 0 spiro atoms. The third-order valence-corrected chi connectivity index (χ3v) is 2.35. The van der Waals surface area contributed by atoms with Gasteiger partial charge in [-0.25, -0.2) is 0 Å². The molecule has 17 heavy (non-hydrogen) atoms. The fourth-order valence-corrected chi connectivity index (χ4v) is 1.49. The van der Waals surface area contributed by atoms with E-state index in [-0.39, 0.29) is 5.91 Å². The molecule has 0 aliphatic heterocycles. The molecule has 0 aliphatic rings. The van der Waals surface area contributed by atoms with Crippen molar-refractivity contribution >= 4 is 11.6 Å². The number of benzene rings is 1. The van der Waals surface area contributed by atoms with Crippen LogP contribution in [0.3, 0.4) is 0 Å². The molecule has 4 heteroatoms. The number of carbonyl (C=O) groups is 1. The summed E-state index contributed by atoms with van der Waals surface area (Å²) in [5.41, 5.74) is 2.10. The molecule has 0 heterocycles. The lowest BCUT2D eigenvalue weighted by molar-refractivity contribution is -0.114. The fraction of sp³-hybridized carbons (Fsp3) is 0.462. The number of ether oxygens (including phenoxy) is 1. The van der Waals surface area contributed by atoms with Crippen LogP contribution in [-0.4, -0.2) is 32.7 Å². The van der Waals surface area contributed by atoms with Crippen molar-refractivity contribution < 1.29 is 9.53 Å². The second kappa shape index (κ2) is 7.81. The maximum Gasteiger partial charge on any atom is 0.221 e. The first kappa shape index (κ1) is 13.7. The Kier molecular flexibility index (Phi) is 6.29. The van der Waals surface area contributed by atoms with E-state index in [9.17, 15) is 4.79 Å². The quantitative estimate of drug-likeness (QED) is 0.704. The predicted octanol–water partition coefficient (Wildman–Crippen LogP) is 1.42. The summed E-state index contributed by atoms with van der Waals surface area (Å²) in [4.78, 5) is 10.8. The van der Waals surface area contributed by atoms with Crippen LogP contribution in [0.4, 0.5) is 5.69 Å². The van der Waals surface area contributed by atoms with Crippen LogP contribution in [0.1, 0.15) is 12.5 Å². The Labute approximate surface area is 102 Å². The lowest BCUT2D eigenvalue weighted by Gasteiger charge is -2.06. The highest BCUT2D eigenvalue weighted by Gasteiger charge is 1.96. The molecule has 0 aliphatic carbocycles. The van der Waals surface area contributed by atoms with E-state index in [1.165, 1.54) is 12.5 Å². The number of amides is 1. The Morgan fingerprint density at radius 3 is 2.53 bits per heavy atom. The first-order chi connectivity index (χ1) is 8.22. The lowest BCUT2D eigenvalue weighted by Crippen LogP contribution is -2.21. The monoisotopic (exact) mass is 236 g/mol. The van der Waals surface area contributed by atoms with Gasteiger partial charge in [0, 0.05) is 26.3 Å². The highest BCUT2D eigenvalue weighted by Crippen LogP contribution is 2.09. The van der Waals surface area contributed by atoms with Crippen molar-refractivity contribution in [1.82, 2.24) is 5.32 Å². The van der Waals surface area contributed by atoms with Crippen LogP contribution < -0.4 is 10.6 Å². The Balaban J connectivity index is 2.28. The van der Waals surface area contributed by atoms with E-state index in [4.69, 9.17) is 4.74 Å². The predicted molar refractivity (Wildman–Crippen MR) is 69.2 cm³/mol. The Morgan fingerprint density at radius 1 is 1.24 bits per heavy atom. The molecule has 0 fully saturated rings. The van der Waals surface area contributed by atoms with Crippen molar-refractivity contribution in [3.8, 4) is 0 Å². The van der Waals surface area contributed by atoms with Crippen molar-refractivity contribution in [2.45, 2.75) is 13.3 Å². The summed E-state index contributed by atoms with van der Waals surface area (Å²) >= 11 is 0.